The molecule has 7 aromatic rings. The Morgan fingerprint density at radius 1 is 0.378 bits per heavy atom. The molecular weight excluding hydrogens is 446 g/mol. The smallest absolute Gasteiger partial charge is 0.0546 e. The fourth-order valence-electron chi connectivity index (χ4n) is 5.49. The molecule has 174 valence electrons. The summed E-state index contributed by atoms with van der Waals surface area (Å²) in [7, 11) is 0. The van der Waals surface area contributed by atoms with Crippen molar-refractivity contribution in [1.82, 2.24) is 0 Å². The average Bonchev–Trinajstić information content (AvgIpc) is 2.97. The fraction of sp³-hybridized carbons (Fsp3) is 0. The monoisotopic (exact) mass is 471 g/mol. The van der Waals surface area contributed by atoms with Crippen molar-refractivity contribution >= 4 is 49.4 Å². The molecule has 0 spiro atoms. The van der Waals surface area contributed by atoms with Gasteiger partial charge in [0.2, 0.25) is 0 Å². The summed E-state index contributed by atoms with van der Waals surface area (Å²) < 4.78 is 0. The van der Waals surface area contributed by atoms with Crippen LogP contribution in [0.5, 0.6) is 0 Å². The lowest BCUT2D eigenvalue weighted by molar-refractivity contribution is 1.31. The van der Waals surface area contributed by atoms with Crippen LogP contribution in [-0.2, 0) is 0 Å². The Bertz CT molecular complexity index is 1870. The van der Waals surface area contributed by atoms with Crippen molar-refractivity contribution in [3.05, 3.63) is 152 Å². The number of nitrogens with zero attached hydrogens (tertiary/aromatic N) is 1. The summed E-state index contributed by atoms with van der Waals surface area (Å²) in [6, 6.07) is 54.5. The van der Waals surface area contributed by atoms with Crippen LogP contribution in [0.25, 0.3) is 43.4 Å². The lowest BCUT2D eigenvalue weighted by Gasteiger charge is -2.29. The van der Waals surface area contributed by atoms with Crippen molar-refractivity contribution in [2.75, 3.05) is 4.90 Å². The Labute approximate surface area is 216 Å². The standard InChI is InChI=1S/C36H25N/c1-2-17-31(18-3-1)37(34-21-9-14-27-12-6-7-19-32(27)34)35-22-10-16-28-15-8-20-33(36(28)35)30-24-23-26-11-4-5-13-29(26)25-30/h1-25H. The molecule has 1 nitrogen and oxygen atoms in total. The topological polar surface area (TPSA) is 3.24 Å². The second-order valence-electron chi connectivity index (χ2n) is 9.41. The molecule has 0 saturated heterocycles. The second kappa shape index (κ2) is 8.96. The van der Waals surface area contributed by atoms with E-state index >= 15 is 0 Å². The van der Waals surface area contributed by atoms with Gasteiger partial charge < -0.3 is 4.90 Å². The summed E-state index contributed by atoms with van der Waals surface area (Å²) >= 11 is 0. The zero-order chi connectivity index (χ0) is 24.6. The lowest BCUT2D eigenvalue weighted by atomic mass is 9.94. The normalized spacial score (nSPS) is 11.2. The molecule has 0 unspecified atom stereocenters. The van der Waals surface area contributed by atoms with Crippen LogP contribution >= 0.6 is 0 Å². The van der Waals surface area contributed by atoms with E-state index in [2.05, 4.69) is 157 Å². The van der Waals surface area contributed by atoms with E-state index in [1.807, 2.05) is 0 Å². The highest BCUT2D eigenvalue weighted by Crippen LogP contribution is 2.44. The Morgan fingerprint density at radius 2 is 1.00 bits per heavy atom. The maximum absolute atomic E-state index is 2.41. The fourth-order valence-corrected chi connectivity index (χ4v) is 5.49. The summed E-state index contributed by atoms with van der Waals surface area (Å²) in [5.41, 5.74) is 5.94. The summed E-state index contributed by atoms with van der Waals surface area (Å²) in [4.78, 5) is 2.41. The number of benzene rings is 7. The third kappa shape index (κ3) is 3.73. The maximum Gasteiger partial charge on any atom is 0.0546 e. The second-order valence-corrected chi connectivity index (χ2v) is 9.41. The van der Waals surface area contributed by atoms with Crippen molar-refractivity contribution in [1.29, 1.82) is 0 Å². The summed E-state index contributed by atoms with van der Waals surface area (Å²) in [5.74, 6) is 0. The SMILES string of the molecule is c1ccc(N(c2cccc3ccccc23)c2cccc3cccc(-c4ccc5ccccc5c4)c23)cc1. The minimum Gasteiger partial charge on any atom is -0.309 e. The molecule has 37 heavy (non-hydrogen) atoms. The van der Waals surface area contributed by atoms with Gasteiger partial charge in [0.05, 0.1) is 11.4 Å². The quantitative estimate of drug-likeness (QED) is 0.247. The first-order valence-electron chi connectivity index (χ1n) is 12.7. The van der Waals surface area contributed by atoms with Crippen LogP contribution in [0.3, 0.4) is 0 Å². The molecule has 0 aromatic heterocycles. The Morgan fingerprint density at radius 3 is 1.84 bits per heavy atom. The number of fused-ring (bicyclic) bond motifs is 3. The van der Waals surface area contributed by atoms with E-state index in [0.717, 1.165) is 5.69 Å². The van der Waals surface area contributed by atoms with Crippen molar-refractivity contribution in [2.24, 2.45) is 0 Å². The molecule has 0 saturated carbocycles. The maximum atomic E-state index is 2.41. The molecule has 7 aromatic carbocycles. The molecule has 0 fully saturated rings. The van der Waals surface area contributed by atoms with Gasteiger partial charge in [0, 0.05) is 16.5 Å². The molecule has 1 heteroatoms. The van der Waals surface area contributed by atoms with Gasteiger partial charge in [-0.05, 0) is 63.0 Å². The molecular formula is C36H25N. The van der Waals surface area contributed by atoms with E-state index in [9.17, 15) is 0 Å². The van der Waals surface area contributed by atoms with Gasteiger partial charge in [0.15, 0.2) is 0 Å². The van der Waals surface area contributed by atoms with Crippen molar-refractivity contribution in [2.45, 2.75) is 0 Å². The van der Waals surface area contributed by atoms with Crippen LogP contribution in [0.15, 0.2) is 152 Å². The summed E-state index contributed by atoms with van der Waals surface area (Å²) in [6.07, 6.45) is 0. The number of rotatable bonds is 4. The highest BCUT2D eigenvalue weighted by Gasteiger charge is 2.19. The van der Waals surface area contributed by atoms with Crippen LogP contribution in [-0.4, -0.2) is 0 Å². The first kappa shape index (κ1) is 21.4. The largest absolute Gasteiger partial charge is 0.309 e. The minimum atomic E-state index is 1.14. The van der Waals surface area contributed by atoms with Crippen LogP contribution < -0.4 is 4.90 Å². The molecule has 0 radical (unpaired) electrons. The summed E-state index contributed by atoms with van der Waals surface area (Å²) in [5, 5.41) is 7.45. The molecule has 0 aliphatic rings. The molecule has 0 aliphatic carbocycles. The van der Waals surface area contributed by atoms with E-state index in [1.165, 1.54) is 54.8 Å². The van der Waals surface area contributed by atoms with Gasteiger partial charge in [-0.25, -0.2) is 0 Å². The van der Waals surface area contributed by atoms with Gasteiger partial charge >= 0.3 is 0 Å². The van der Waals surface area contributed by atoms with Crippen LogP contribution in [0, 0.1) is 0 Å². The minimum absolute atomic E-state index is 1.14. The van der Waals surface area contributed by atoms with E-state index < -0.39 is 0 Å². The van der Waals surface area contributed by atoms with Gasteiger partial charge in [-0.15, -0.1) is 0 Å². The van der Waals surface area contributed by atoms with E-state index in [4.69, 9.17) is 0 Å². The van der Waals surface area contributed by atoms with E-state index in [-0.39, 0.29) is 0 Å². The zero-order valence-corrected chi connectivity index (χ0v) is 20.4. The molecule has 7 rings (SSSR count). The third-order valence-electron chi connectivity index (χ3n) is 7.21. The Balaban J connectivity index is 1.55. The van der Waals surface area contributed by atoms with Crippen molar-refractivity contribution in [3.63, 3.8) is 0 Å². The van der Waals surface area contributed by atoms with Crippen LogP contribution in [0.4, 0.5) is 17.1 Å². The molecule has 0 aliphatic heterocycles. The predicted molar refractivity (Wildman–Crippen MR) is 159 cm³/mol. The summed E-state index contributed by atoms with van der Waals surface area (Å²) in [6.45, 7) is 0. The van der Waals surface area contributed by atoms with Gasteiger partial charge in [0.25, 0.3) is 0 Å². The average molecular weight is 472 g/mol. The van der Waals surface area contributed by atoms with E-state index in [1.54, 1.807) is 0 Å². The highest BCUT2D eigenvalue weighted by molar-refractivity contribution is 6.10. The number of para-hydroxylation sites is 1. The molecule has 0 heterocycles. The van der Waals surface area contributed by atoms with Crippen molar-refractivity contribution in [3.8, 4) is 11.1 Å². The van der Waals surface area contributed by atoms with Crippen LogP contribution in [0.1, 0.15) is 0 Å². The zero-order valence-electron chi connectivity index (χ0n) is 20.4. The van der Waals surface area contributed by atoms with E-state index in [0.29, 0.717) is 0 Å². The van der Waals surface area contributed by atoms with Gasteiger partial charge in [0.1, 0.15) is 0 Å². The van der Waals surface area contributed by atoms with Gasteiger partial charge in [-0.3, -0.25) is 0 Å². The van der Waals surface area contributed by atoms with Gasteiger partial charge in [-0.1, -0.05) is 121 Å². The molecule has 0 N–H and O–H groups in total. The Hall–Kier alpha value is -4.88. The first-order valence-corrected chi connectivity index (χ1v) is 12.7. The predicted octanol–water partition coefficient (Wildman–Crippen LogP) is 10.3. The number of hydrogen-bond acceptors (Lipinski definition) is 1. The first-order chi connectivity index (χ1) is 18.4. The van der Waals surface area contributed by atoms with Gasteiger partial charge in [-0.2, -0.15) is 0 Å². The molecule has 0 bridgehead atoms. The molecule has 0 atom stereocenters. The Kier molecular flexibility index (Phi) is 5.19. The number of hydrogen-bond donors (Lipinski definition) is 0. The highest BCUT2D eigenvalue weighted by atomic mass is 15.1. The third-order valence-corrected chi connectivity index (χ3v) is 7.21. The van der Waals surface area contributed by atoms with Crippen molar-refractivity contribution < 1.29 is 0 Å². The number of anilines is 3. The lowest BCUT2D eigenvalue weighted by Crippen LogP contribution is -2.11. The molecule has 0 amide bonds. The van der Waals surface area contributed by atoms with Crippen LogP contribution in [0.2, 0.25) is 0 Å².